The van der Waals surface area contributed by atoms with E-state index in [1.165, 1.54) is 44.9 Å². The molecule has 5 heteroatoms. The van der Waals surface area contributed by atoms with Crippen molar-refractivity contribution in [3.8, 4) is 0 Å². The predicted octanol–water partition coefficient (Wildman–Crippen LogP) is 1.50. The number of piperidine rings is 1. The van der Waals surface area contributed by atoms with Crippen LogP contribution in [-0.2, 0) is 4.74 Å². The van der Waals surface area contributed by atoms with Gasteiger partial charge in [-0.25, -0.2) is 10.8 Å². The summed E-state index contributed by atoms with van der Waals surface area (Å²) >= 11 is 0. The van der Waals surface area contributed by atoms with E-state index in [9.17, 15) is 0 Å². The molecule has 5 nitrogen and oxygen atoms in total. The van der Waals surface area contributed by atoms with Gasteiger partial charge < -0.3 is 9.64 Å². The molecule has 0 spiro atoms. The number of methoxy groups -OCH3 is 1. The maximum atomic E-state index is 5.69. The second kappa shape index (κ2) is 7.70. The number of nitrogens with one attached hydrogen (secondary N) is 1. The molecule has 2 aliphatic rings. The third kappa shape index (κ3) is 4.35. The Kier molecular flexibility index (Phi) is 5.92. The number of hydrogen-bond acceptors (Lipinski definition) is 3. The minimum absolute atomic E-state index is 0.461. The van der Waals surface area contributed by atoms with E-state index in [1.807, 2.05) is 0 Å². The summed E-state index contributed by atoms with van der Waals surface area (Å²) < 4.78 is 5.27. The Bertz CT molecular complexity index is 287. The lowest BCUT2D eigenvalue weighted by atomic mass is 9.96. The third-order valence-electron chi connectivity index (χ3n) is 4.23. The number of hydrogen-bond donors (Lipinski definition) is 2. The van der Waals surface area contributed by atoms with Crippen molar-refractivity contribution in [2.75, 3.05) is 26.8 Å². The summed E-state index contributed by atoms with van der Waals surface area (Å²) in [5, 5.41) is 0. The van der Waals surface area contributed by atoms with E-state index in [0.717, 1.165) is 25.7 Å². The number of likely N-dealkylation sites (tertiary alicyclic amines) is 1. The van der Waals surface area contributed by atoms with E-state index in [1.54, 1.807) is 7.11 Å². The van der Waals surface area contributed by atoms with Gasteiger partial charge in [0, 0.05) is 20.2 Å². The van der Waals surface area contributed by atoms with Crippen LogP contribution in [0.3, 0.4) is 0 Å². The quantitative estimate of drug-likeness (QED) is 0.352. The highest BCUT2D eigenvalue weighted by Gasteiger charge is 2.23. The molecule has 0 bridgehead atoms. The smallest absolute Gasteiger partial charge is 0.208 e. The molecule has 0 aromatic heterocycles. The lowest BCUT2D eigenvalue weighted by Crippen LogP contribution is -2.50. The van der Waals surface area contributed by atoms with E-state index < -0.39 is 0 Å². The highest BCUT2D eigenvalue weighted by Crippen LogP contribution is 2.21. The lowest BCUT2D eigenvalue weighted by Gasteiger charge is -2.35. The fourth-order valence-electron chi connectivity index (χ4n) is 3.22. The van der Waals surface area contributed by atoms with E-state index in [-0.39, 0.29) is 0 Å². The second-order valence-electron chi connectivity index (χ2n) is 5.80. The molecule has 19 heavy (non-hydrogen) atoms. The number of ether oxygens (including phenoxy) is 1. The monoisotopic (exact) mass is 268 g/mol. The zero-order chi connectivity index (χ0) is 13.5. The summed E-state index contributed by atoms with van der Waals surface area (Å²) in [7, 11) is 1.77. The number of aliphatic imine (C=N–C) groups is 1. The van der Waals surface area contributed by atoms with Crippen molar-refractivity contribution in [1.29, 1.82) is 0 Å². The first-order chi connectivity index (χ1) is 9.33. The fourth-order valence-corrected chi connectivity index (χ4v) is 3.22. The maximum absolute atomic E-state index is 5.69. The molecule has 1 saturated carbocycles. The van der Waals surface area contributed by atoms with Crippen LogP contribution in [0.4, 0.5) is 0 Å². The maximum Gasteiger partial charge on any atom is 0.208 e. The molecule has 2 rings (SSSR count). The molecule has 0 aromatic rings. The van der Waals surface area contributed by atoms with Gasteiger partial charge in [0.2, 0.25) is 5.96 Å². The molecule has 0 amide bonds. The first-order valence-electron chi connectivity index (χ1n) is 7.61. The van der Waals surface area contributed by atoms with Crippen LogP contribution in [0.25, 0.3) is 0 Å². The van der Waals surface area contributed by atoms with Crippen LogP contribution >= 0.6 is 0 Å². The average Bonchev–Trinajstić information content (AvgIpc) is 2.46. The molecular weight excluding hydrogens is 240 g/mol. The molecule has 1 heterocycles. The summed E-state index contributed by atoms with van der Waals surface area (Å²) in [5.74, 6) is 7.17. The summed E-state index contributed by atoms with van der Waals surface area (Å²) in [6.07, 6.45) is 8.82. The molecule has 0 radical (unpaired) electrons. The molecule has 110 valence electrons. The zero-order valence-corrected chi connectivity index (χ0v) is 12.1. The van der Waals surface area contributed by atoms with Crippen LogP contribution in [0.2, 0.25) is 0 Å². The highest BCUT2D eigenvalue weighted by molar-refractivity contribution is 5.79. The van der Waals surface area contributed by atoms with Gasteiger partial charge >= 0.3 is 0 Å². The van der Waals surface area contributed by atoms with Gasteiger partial charge in [0.05, 0.1) is 12.6 Å². The van der Waals surface area contributed by atoms with Crippen molar-refractivity contribution in [3.63, 3.8) is 0 Å². The van der Waals surface area contributed by atoms with Gasteiger partial charge in [-0.05, 0) is 31.6 Å². The third-order valence-corrected chi connectivity index (χ3v) is 4.23. The Hall–Kier alpha value is -0.810. The Morgan fingerprint density at radius 3 is 2.74 bits per heavy atom. The Morgan fingerprint density at radius 2 is 2.05 bits per heavy atom. The van der Waals surface area contributed by atoms with Crippen LogP contribution in [0.5, 0.6) is 0 Å². The van der Waals surface area contributed by atoms with Gasteiger partial charge in [0.15, 0.2) is 0 Å². The van der Waals surface area contributed by atoms with Crippen molar-refractivity contribution in [1.82, 2.24) is 10.3 Å². The van der Waals surface area contributed by atoms with E-state index >= 15 is 0 Å². The number of guanidine groups is 1. The van der Waals surface area contributed by atoms with Crippen LogP contribution < -0.4 is 11.3 Å². The van der Waals surface area contributed by atoms with Gasteiger partial charge in [0.25, 0.3) is 0 Å². The highest BCUT2D eigenvalue weighted by atomic mass is 16.5. The van der Waals surface area contributed by atoms with Crippen LogP contribution in [-0.4, -0.2) is 43.7 Å². The first kappa shape index (κ1) is 14.6. The summed E-state index contributed by atoms with van der Waals surface area (Å²) in [6, 6.07) is 0.461. The number of hydrazine groups is 1. The molecule has 1 saturated heterocycles. The number of nitrogens with two attached hydrogens (primary N) is 1. The van der Waals surface area contributed by atoms with Crippen molar-refractivity contribution < 1.29 is 4.74 Å². The van der Waals surface area contributed by atoms with Crippen LogP contribution in [0, 0.1) is 5.92 Å². The van der Waals surface area contributed by atoms with Crippen LogP contribution in [0.1, 0.15) is 44.9 Å². The molecular formula is C14H28N4O. The van der Waals surface area contributed by atoms with Gasteiger partial charge in [-0.2, -0.15) is 0 Å². The van der Waals surface area contributed by atoms with Gasteiger partial charge in [-0.1, -0.05) is 19.3 Å². The largest absolute Gasteiger partial charge is 0.384 e. The first-order valence-corrected chi connectivity index (χ1v) is 7.61. The lowest BCUT2D eigenvalue weighted by molar-refractivity contribution is 0.114. The van der Waals surface area contributed by atoms with Gasteiger partial charge in [-0.15, -0.1) is 0 Å². The second-order valence-corrected chi connectivity index (χ2v) is 5.80. The average molecular weight is 268 g/mol. The summed E-state index contributed by atoms with van der Waals surface area (Å²) in [5.41, 5.74) is 2.82. The SMILES string of the molecule is COCC1CCCN(C(=NC2CCCCC2)NN)C1. The van der Waals surface area contributed by atoms with Gasteiger partial charge in [-0.3, -0.25) is 5.43 Å². The topological polar surface area (TPSA) is 62.9 Å². The minimum Gasteiger partial charge on any atom is -0.384 e. The van der Waals surface area contributed by atoms with Crippen LogP contribution in [0.15, 0.2) is 4.99 Å². The molecule has 2 fully saturated rings. The Labute approximate surface area is 116 Å². The van der Waals surface area contributed by atoms with Crippen molar-refractivity contribution >= 4 is 5.96 Å². The normalized spacial score (nSPS) is 26.5. The fraction of sp³-hybridized carbons (Fsp3) is 0.929. The molecule has 1 aliphatic heterocycles. The number of rotatable bonds is 3. The van der Waals surface area contributed by atoms with Crippen molar-refractivity contribution in [3.05, 3.63) is 0 Å². The summed E-state index contributed by atoms with van der Waals surface area (Å²) in [4.78, 5) is 7.13. The Morgan fingerprint density at radius 1 is 1.26 bits per heavy atom. The van der Waals surface area contributed by atoms with Gasteiger partial charge in [0.1, 0.15) is 0 Å². The van der Waals surface area contributed by atoms with E-state index in [2.05, 4.69) is 10.3 Å². The molecule has 0 aromatic carbocycles. The summed E-state index contributed by atoms with van der Waals surface area (Å²) in [6.45, 7) is 2.89. The van der Waals surface area contributed by atoms with Crippen molar-refractivity contribution in [2.24, 2.45) is 16.8 Å². The molecule has 1 atom stereocenters. The van der Waals surface area contributed by atoms with E-state index in [0.29, 0.717) is 12.0 Å². The van der Waals surface area contributed by atoms with E-state index in [4.69, 9.17) is 15.6 Å². The Balaban J connectivity index is 1.93. The minimum atomic E-state index is 0.461. The molecule has 1 aliphatic carbocycles. The number of nitrogens with zero attached hydrogens (tertiary/aromatic N) is 2. The zero-order valence-electron chi connectivity index (χ0n) is 12.1. The molecule has 1 unspecified atom stereocenters. The standard InChI is InChI=1S/C14H28N4O/c1-19-11-12-6-5-9-18(10-12)14(17-15)16-13-7-3-2-4-8-13/h12-13H,2-11,15H2,1H3,(H,16,17). The predicted molar refractivity (Wildman–Crippen MR) is 77.8 cm³/mol. The van der Waals surface area contributed by atoms with Crippen molar-refractivity contribution in [2.45, 2.75) is 51.0 Å². The molecule has 3 N–H and O–H groups in total.